The molecule has 1 aromatic heterocycles. The summed E-state index contributed by atoms with van der Waals surface area (Å²) in [5, 5.41) is 2.93. The molecule has 0 saturated heterocycles. The van der Waals surface area contributed by atoms with E-state index in [0.717, 1.165) is 24.1 Å². The van der Waals surface area contributed by atoms with E-state index in [-0.39, 0.29) is 23.7 Å². The smallest absolute Gasteiger partial charge is 0.311 e. The first kappa shape index (κ1) is 23.6. The van der Waals surface area contributed by atoms with Gasteiger partial charge in [-0.15, -0.1) is 0 Å². The average molecular weight is 415 g/mol. The molecule has 0 radical (unpaired) electrons. The predicted octanol–water partition coefficient (Wildman–Crippen LogP) is 4.22. The van der Waals surface area contributed by atoms with Gasteiger partial charge in [0.05, 0.1) is 6.54 Å². The van der Waals surface area contributed by atoms with Gasteiger partial charge in [0.15, 0.2) is 0 Å². The van der Waals surface area contributed by atoms with Gasteiger partial charge in [0.25, 0.3) is 0 Å². The van der Waals surface area contributed by atoms with Gasteiger partial charge in [0.2, 0.25) is 12.2 Å². The molecule has 1 aromatic carbocycles. The predicted molar refractivity (Wildman–Crippen MR) is 117 cm³/mol. The highest BCUT2D eigenvalue weighted by molar-refractivity contribution is 5.76. The largest absolute Gasteiger partial charge is 0.426 e. The second kappa shape index (κ2) is 12.2. The molecule has 0 spiro atoms. The molecule has 0 aliphatic heterocycles. The fourth-order valence-electron chi connectivity index (χ4n) is 3.36. The third kappa shape index (κ3) is 7.65. The van der Waals surface area contributed by atoms with Gasteiger partial charge in [-0.05, 0) is 35.8 Å². The molecular formula is C24H36N3O3+. The third-order valence-corrected chi connectivity index (χ3v) is 5.09. The van der Waals surface area contributed by atoms with E-state index in [1.54, 1.807) is 0 Å². The fourth-order valence-corrected chi connectivity index (χ4v) is 3.36. The second-order valence-corrected chi connectivity index (χ2v) is 8.31. The Hall–Kier alpha value is -2.63. The number of hydrogen-bond acceptors (Lipinski definition) is 3. The van der Waals surface area contributed by atoms with Crippen LogP contribution in [-0.2, 0) is 16.1 Å². The Bertz CT molecular complexity index is 772. The van der Waals surface area contributed by atoms with Crippen molar-refractivity contribution >= 4 is 11.9 Å². The normalized spacial score (nSPS) is 11.1. The zero-order valence-corrected chi connectivity index (χ0v) is 18.7. The third-order valence-electron chi connectivity index (χ3n) is 5.09. The molecule has 2 N–H and O–H groups in total. The van der Waals surface area contributed by atoms with Crippen molar-refractivity contribution < 1.29 is 18.9 Å². The maximum atomic E-state index is 12.4. The topological polar surface area (TPSA) is 75.1 Å². The van der Waals surface area contributed by atoms with E-state index in [4.69, 9.17) is 4.74 Å². The number of benzene rings is 1. The van der Waals surface area contributed by atoms with Gasteiger partial charge in [-0.3, -0.25) is 14.6 Å². The van der Waals surface area contributed by atoms with Gasteiger partial charge in [-0.1, -0.05) is 45.9 Å². The number of para-hydroxylation sites is 1. The number of rotatable bonds is 12. The van der Waals surface area contributed by atoms with Gasteiger partial charge in [0, 0.05) is 25.8 Å². The number of aromatic nitrogens is 2. The molecule has 164 valence electrons. The molecule has 6 nitrogen and oxygen atoms in total. The number of aryl methyl sites for hydroxylation is 1. The Balaban J connectivity index is 1.69. The SMILES string of the molecule is CC(C)c1cccc(C(C)C)c1OC(=O)CCCCC(=O)NCCC[n+]1cc[nH]c1. The van der Waals surface area contributed by atoms with Crippen LogP contribution in [0.15, 0.2) is 36.9 Å². The highest BCUT2D eigenvalue weighted by Gasteiger charge is 2.18. The molecule has 0 fully saturated rings. The molecule has 0 aliphatic carbocycles. The number of ether oxygens (including phenoxy) is 1. The molecule has 30 heavy (non-hydrogen) atoms. The minimum absolute atomic E-state index is 0.0367. The van der Waals surface area contributed by atoms with Crippen molar-refractivity contribution in [1.29, 1.82) is 0 Å². The number of esters is 1. The zero-order valence-electron chi connectivity index (χ0n) is 18.7. The van der Waals surface area contributed by atoms with Crippen LogP contribution in [0.1, 0.15) is 82.8 Å². The van der Waals surface area contributed by atoms with Crippen molar-refractivity contribution in [1.82, 2.24) is 10.3 Å². The summed E-state index contributed by atoms with van der Waals surface area (Å²) in [6.07, 6.45) is 8.69. The van der Waals surface area contributed by atoms with E-state index >= 15 is 0 Å². The molecule has 2 aromatic rings. The quantitative estimate of drug-likeness (QED) is 0.236. The summed E-state index contributed by atoms with van der Waals surface area (Å²) in [4.78, 5) is 27.3. The highest BCUT2D eigenvalue weighted by atomic mass is 16.5. The van der Waals surface area contributed by atoms with Crippen LogP contribution in [0.25, 0.3) is 0 Å². The first-order valence-electron chi connectivity index (χ1n) is 11.0. The lowest BCUT2D eigenvalue weighted by Gasteiger charge is -2.18. The van der Waals surface area contributed by atoms with Gasteiger partial charge >= 0.3 is 5.97 Å². The molecule has 0 atom stereocenters. The lowest BCUT2D eigenvalue weighted by atomic mass is 9.94. The first-order chi connectivity index (χ1) is 14.4. The van der Waals surface area contributed by atoms with Crippen molar-refractivity contribution in [3.05, 3.63) is 48.0 Å². The van der Waals surface area contributed by atoms with Gasteiger partial charge in [0.1, 0.15) is 18.1 Å². The van der Waals surface area contributed by atoms with Gasteiger partial charge in [-0.25, -0.2) is 4.57 Å². The number of aromatic amines is 1. The summed E-state index contributed by atoms with van der Waals surface area (Å²) < 4.78 is 7.82. The highest BCUT2D eigenvalue weighted by Crippen LogP contribution is 2.34. The van der Waals surface area contributed by atoms with Crippen molar-refractivity contribution in [2.24, 2.45) is 0 Å². The number of imidazole rings is 1. The summed E-state index contributed by atoms with van der Waals surface area (Å²) in [7, 11) is 0. The summed E-state index contributed by atoms with van der Waals surface area (Å²) in [5.41, 5.74) is 2.12. The maximum absolute atomic E-state index is 12.4. The second-order valence-electron chi connectivity index (χ2n) is 8.31. The van der Waals surface area contributed by atoms with Gasteiger partial charge in [-0.2, -0.15) is 0 Å². The standard InChI is InChI=1S/C24H35N3O3/c1-18(2)20-9-7-10-21(19(3)4)24(20)30-23(29)12-6-5-11-22(28)26-13-8-15-27-16-14-25-17-27/h7,9-10,14,16-19H,5-6,8,11-13,15H2,1-4H3,(H,26,28)/p+1. The van der Waals surface area contributed by atoms with Crippen molar-refractivity contribution in [2.75, 3.05) is 6.54 Å². The molecule has 0 unspecified atom stereocenters. The number of carbonyl (C=O) groups is 2. The molecule has 1 amide bonds. The van der Waals surface area contributed by atoms with Crippen LogP contribution in [0.2, 0.25) is 0 Å². The summed E-state index contributed by atoms with van der Waals surface area (Å²) in [6, 6.07) is 6.08. The van der Waals surface area contributed by atoms with E-state index in [9.17, 15) is 9.59 Å². The van der Waals surface area contributed by atoms with Crippen LogP contribution in [-0.4, -0.2) is 23.4 Å². The summed E-state index contributed by atoms with van der Waals surface area (Å²) in [6.45, 7) is 9.94. The van der Waals surface area contributed by atoms with Crippen LogP contribution < -0.4 is 14.6 Å². The zero-order chi connectivity index (χ0) is 21.9. The van der Waals surface area contributed by atoms with Crippen LogP contribution >= 0.6 is 0 Å². The van der Waals surface area contributed by atoms with Crippen molar-refractivity contribution in [2.45, 2.75) is 78.2 Å². The molecule has 0 bridgehead atoms. The average Bonchev–Trinajstić information content (AvgIpc) is 3.22. The van der Waals surface area contributed by atoms with E-state index < -0.39 is 0 Å². The van der Waals surface area contributed by atoms with Crippen molar-refractivity contribution in [3.8, 4) is 5.75 Å². The Morgan fingerprint density at radius 3 is 2.30 bits per heavy atom. The Morgan fingerprint density at radius 1 is 1.03 bits per heavy atom. The molecular weight excluding hydrogens is 378 g/mol. The Kier molecular flexibility index (Phi) is 9.58. The lowest BCUT2D eigenvalue weighted by molar-refractivity contribution is -0.695. The molecule has 0 aliphatic rings. The number of amides is 1. The summed E-state index contributed by atoms with van der Waals surface area (Å²) in [5.74, 6) is 1.09. The minimum Gasteiger partial charge on any atom is -0.426 e. The Morgan fingerprint density at radius 2 is 1.70 bits per heavy atom. The number of nitrogens with zero attached hydrogens (tertiary/aromatic N) is 1. The molecule has 0 saturated carbocycles. The number of carbonyl (C=O) groups excluding carboxylic acids is 2. The Labute approximate surface area is 180 Å². The number of hydrogen-bond donors (Lipinski definition) is 2. The van der Waals surface area contributed by atoms with Crippen LogP contribution in [0.5, 0.6) is 5.75 Å². The van der Waals surface area contributed by atoms with E-state index in [1.807, 2.05) is 41.5 Å². The van der Waals surface area contributed by atoms with E-state index in [0.29, 0.717) is 38.0 Å². The van der Waals surface area contributed by atoms with Crippen LogP contribution in [0.3, 0.4) is 0 Å². The fraction of sp³-hybridized carbons (Fsp3) is 0.542. The summed E-state index contributed by atoms with van der Waals surface area (Å²) >= 11 is 0. The van der Waals surface area contributed by atoms with Crippen LogP contribution in [0, 0.1) is 0 Å². The lowest BCUT2D eigenvalue weighted by Crippen LogP contribution is -2.33. The molecule has 2 rings (SSSR count). The number of H-pyrrole nitrogens is 1. The molecule has 6 heteroatoms. The first-order valence-corrected chi connectivity index (χ1v) is 11.0. The van der Waals surface area contributed by atoms with E-state index in [2.05, 4.69) is 38.0 Å². The van der Waals surface area contributed by atoms with Crippen LogP contribution in [0.4, 0.5) is 0 Å². The number of unbranched alkanes of at least 4 members (excludes halogenated alkanes) is 1. The van der Waals surface area contributed by atoms with Gasteiger partial charge < -0.3 is 10.1 Å². The van der Waals surface area contributed by atoms with Crippen molar-refractivity contribution in [3.63, 3.8) is 0 Å². The number of nitrogens with one attached hydrogen (secondary N) is 2. The monoisotopic (exact) mass is 414 g/mol. The minimum atomic E-state index is -0.228. The van der Waals surface area contributed by atoms with E-state index in [1.165, 1.54) is 0 Å². The molecule has 1 heterocycles. The maximum Gasteiger partial charge on any atom is 0.311 e.